The maximum absolute atomic E-state index is 13.0. The van der Waals surface area contributed by atoms with Gasteiger partial charge in [0.1, 0.15) is 18.8 Å². The van der Waals surface area contributed by atoms with Gasteiger partial charge < -0.3 is 23.7 Å². The summed E-state index contributed by atoms with van der Waals surface area (Å²) in [6.07, 6.45) is -11.8. The van der Waals surface area contributed by atoms with Gasteiger partial charge in [0.05, 0.1) is 24.5 Å². The van der Waals surface area contributed by atoms with Crippen LogP contribution in [-0.2, 0) is 49.0 Å². The Bertz CT molecular complexity index is 993. The van der Waals surface area contributed by atoms with Gasteiger partial charge in [0, 0.05) is 6.92 Å². The topological polar surface area (TPSA) is 141 Å². The van der Waals surface area contributed by atoms with Crippen molar-refractivity contribution in [2.45, 2.75) is 37.7 Å². The largest absolute Gasteiger partial charge is 0.508 e. The smallest absolute Gasteiger partial charge is 0.449 e. The van der Waals surface area contributed by atoms with Crippen LogP contribution in [0.1, 0.15) is 22.8 Å². The van der Waals surface area contributed by atoms with Crippen LogP contribution in [0.4, 0.5) is 18.0 Å². The number of ether oxygens (including phenoxy) is 5. The van der Waals surface area contributed by atoms with Crippen LogP contribution in [-0.4, -0.2) is 71.1 Å². The maximum Gasteiger partial charge on any atom is 0.508 e. The van der Waals surface area contributed by atoms with Crippen molar-refractivity contribution in [2.24, 2.45) is 0 Å². The Labute approximate surface area is 185 Å². The minimum atomic E-state index is -4.74. The van der Waals surface area contributed by atoms with Crippen LogP contribution in [0.15, 0.2) is 24.3 Å². The maximum atomic E-state index is 13.0. The number of esters is 2. The SMILES string of the molecule is COC(=O)OC[C@H]1O[C@H](OC(C)=O)[C@H](OC(=O)c2cccc(C(F)(F)F)c2)[C@H]1OS(C)(=O)=O. The molecular weight excluding hydrogens is 481 g/mol. The standard InChI is InChI=1S/C18H19F3O11S/c1-9(22)29-16-14(31-15(23)10-5-4-6-11(7-10)18(19,20)21)13(32-33(3,25)26)12(30-16)8-28-17(24)27-2/h4-7,12-14,16H,8H2,1-3H3/t12-,13+,14-,16+/m1/s1. The van der Waals surface area contributed by atoms with Crippen molar-refractivity contribution in [3.8, 4) is 0 Å². The third kappa shape index (κ3) is 7.57. The molecule has 1 heterocycles. The number of alkyl halides is 3. The monoisotopic (exact) mass is 500 g/mol. The molecule has 1 saturated heterocycles. The summed E-state index contributed by atoms with van der Waals surface area (Å²) >= 11 is 0. The first kappa shape index (κ1) is 26.3. The van der Waals surface area contributed by atoms with E-state index in [1.807, 2.05) is 0 Å². The number of rotatable bonds is 7. The van der Waals surface area contributed by atoms with E-state index in [4.69, 9.17) is 23.1 Å². The zero-order chi connectivity index (χ0) is 25.0. The molecule has 0 amide bonds. The molecule has 184 valence electrons. The molecule has 0 unspecified atom stereocenters. The van der Waals surface area contributed by atoms with Gasteiger partial charge in [-0.25, -0.2) is 9.59 Å². The van der Waals surface area contributed by atoms with Crippen molar-refractivity contribution in [1.82, 2.24) is 0 Å². The van der Waals surface area contributed by atoms with Gasteiger partial charge in [0.15, 0.2) is 6.10 Å². The van der Waals surface area contributed by atoms with Crippen LogP contribution < -0.4 is 0 Å². The number of benzene rings is 1. The number of hydrogen-bond donors (Lipinski definition) is 0. The van der Waals surface area contributed by atoms with E-state index in [1.165, 1.54) is 0 Å². The van der Waals surface area contributed by atoms with E-state index in [9.17, 15) is 36.0 Å². The highest BCUT2D eigenvalue weighted by molar-refractivity contribution is 7.86. The van der Waals surface area contributed by atoms with Crippen LogP contribution in [0.2, 0.25) is 0 Å². The molecule has 0 saturated carbocycles. The highest BCUT2D eigenvalue weighted by atomic mass is 32.2. The summed E-state index contributed by atoms with van der Waals surface area (Å²) < 4.78 is 91.5. The second-order valence-corrected chi connectivity index (χ2v) is 8.23. The molecule has 0 spiro atoms. The summed E-state index contributed by atoms with van der Waals surface area (Å²) in [6.45, 7) is 0.308. The first-order chi connectivity index (χ1) is 15.2. The highest BCUT2D eigenvalue weighted by Gasteiger charge is 2.52. The van der Waals surface area contributed by atoms with Crippen LogP contribution in [0, 0.1) is 0 Å². The molecule has 33 heavy (non-hydrogen) atoms. The Morgan fingerprint density at radius 3 is 2.33 bits per heavy atom. The van der Waals surface area contributed by atoms with E-state index in [1.54, 1.807) is 0 Å². The van der Waals surface area contributed by atoms with E-state index in [2.05, 4.69) is 4.74 Å². The predicted molar refractivity (Wildman–Crippen MR) is 99.1 cm³/mol. The molecule has 0 radical (unpaired) electrons. The molecule has 11 nitrogen and oxygen atoms in total. The molecule has 0 aliphatic carbocycles. The quantitative estimate of drug-likeness (QED) is 0.306. The molecule has 1 aliphatic rings. The lowest BCUT2D eigenvalue weighted by atomic mass is 10.1. The summed E-state index contributed by atoms with van der Waals surface area (Å²) in [5.74, 6) is -2.24. The zero-order valence-electron chi connectivity index (χ0n) is 17.4. The van der Waals surface area contributed by atoms with Crippen molar-refractivity contribution in [3.05, 3.63) is 35.4 Å². The normalized spacial score (nSPS) is 23.0. The average Bonchev–Trinajstić information content (AvgIpc) is 2.99. The summed E-state index contributed by atoms with van der Waals surface area (Å²) in [4.78, 5) is 35.2. The third-order valence-corrected chi connectivity index (χ3v) is 4.61. The molecular formula is C18H19F3O11S. The van der Waals surface area contributed by atoms with Crippen LogP contribution in [0.3, 0.4) is 0 Å². The van der Waals surface area contributed by atoms with E-state index < -0.39 is 76.7 Å². The molecule has 0 N–H and O–H groups in total. The molecule has 1 aromatic carbocycles. The molecule has 0 bridgehead atoms. The third-order valence-electron chi connectivity index (χ3n) is 4.04. The van der Waals surface area contributed by atoms with Gasteiger partial charge in [0.25, 0.3) is 10.1 Å². The molecule has 1 fully saturated rings. The van der Waals surface area contributed by atoms with Gasteiger partial charge in [-0.1, -0.05) is 6.07 Å². The van der Waals surface area contributed by atoms with E-state index >= 15 is 0 Å². The van der Waals surface area contributed by atoms with Gasteiger partial charge in [-0.15, -0.1) is 0 Å². The van der Waals surface area contributed by atoms with Gasteiger partial charge in [0.2, 0.25) is 6.29 Å². The van der Waals surface area contributed by atoms with Crippen LogP contribution in [0.25, 0.3) is 0 Å². The van der Waals surface area contributed by atoms with Gasteiger partial charge in [-0.05, 0) is 18.2 Å². The summed E-state index contributed by atoms with van der Waals surface area (Å²) in [6, 6.07) is 3.24. The fourth-order valence-electron chi connectivity index (χ4n) is 2.75. The van der Waals surface area contributed by atoms with Crippen LogP contribution >= 0.6 is 0 Å². The fraction of sp³-hybridized carbons (Fsp3) is 0.500. The van der Waals surface area contributed by atoms with Crippen molar-refractivity contribution >= 4 is 28.2 Å². The van der Waals surface area contributed by atoms with E-state index in [-0.39, 0.29) is 0 Å². The minimum Gasteiger partial charge on any atom is -0.449 e. The molecule has 1 aliphatic heterocycles. The molecule has 15 heteroatoms. The van der Waals surface area contributed by atoms with Crippen molar-refractivity contribution < 1.29 is 63.8 Å². The lowest BCUT2D eigenvalue weighted by molar-refractivity contribution is -0.188. The molecule has 1 aromatic rings. The van der Waals surface area contributed by atoms with Gasteiger partial charge in [-0.2, -0.15) is 21.6 Å². The minimum absolute atomic E-state index is 0.517. The lowest BCUT2D eigenvalue weighted by Crippen LogP contribution is -2.42. The summed E-state index contributed by atoms with van der Waals surface area (Å²) in [5, 5.41) is 0. The Morgan fingerprint density at radius 2 is 1.79 bits per heavy atom. The molecule has 0 aromatic heterocycles. The van der Waals surface area contributed by atoms with Gasteiger partial charge >= 0.3 is 24.3 Å². The summed E-state index contributed by atoms with van der Waals surface area (Å²) in [7, 11) is -3.22. The number of methoxy groups -OCH3 is 1. The first-order valence-corrected chi connectivity index (χ1v) is 10.8. The Hall–Kier alpha value is -2.91. The first-order valence-electron chi connectivity index (χ1n) is 9.01. The second-order valence-electron chi connectivity index (χ2n) is 6.63. The Balaban J connectivity index is 2.35. The van der Waals surface area contributed by atoms with Crippen molar-refractivity contribution in [2.75, 3.05) is 20.0 Å². The second kappa shape index (κ2) is 10.4. The van der Waals surface area contributed by atoms with Crippen molar-refractivity contribution in [3.63, 3.8) is 0 Å². The van der Waals surface area contributed by atoms with Crippen molar-refractivity contribution in [1.29, 1.82) is 0 Å². The number of carbonyl (C=O) groups is 3. The summed E-state index contributed by atoms with van der Waals surface area (Å²) in [5.41, 5.74) is -1.66. The fourth-order valence-corrected chi connectivity index (χ4v) is 3.39. The Kier molecular flexibility index (Phi) is 8.26. The van der Waals surface area contributed by atoms with E-state index in [0.29, 0.717) is 12.3 Å². The number of hydrogen-bond acceptors (Lipinski definition) is 11. The lowest BCUT2D eigenvalue weighted by Gasteiger charge is -2.23. The van der Waals surface area contributed by atoms with Crippen LogP contribution in [0.5, 0.6) is 0 Å². The molecule has 2 rings (SSSR count). The highest BCUT2D eigenvalue weighted by Crippen LogP contribution is 2.32. The number of carbonyl (C=O) groups excluding carboxylic acids is 3. The zero-order valence-corrected chi connectivity index (χ0v) is 18.2. The Morgan fingerprint density at radius 1 is 1.12 bits per heavy atom. The average molecular weight is 500 g/mol. The predicted octanol–water partition coefficient (Wildman–Crippen LogP) is 1.65. The number of halogens is 3. The molecule has 4 atom stereocenters. The van der Waals surface area contributed by atoms with Gasteiger partial charge in [-0.3, -0.25) is 8.98 Å². The van der Waals surface area contributed by atoms with E-state index in [0.717, 1.165) is 32.2 Å².